The zero-order valence-corrected chi connectivity index (χ0v) is 17.5. The van der Waals surface area contributed by atoms with Crippen molar-refractivity contribution < 1.29 is 17.9 Å². The van der Waals surface area contributed by atoms with E-state index in [4.69, 9.17) is 4.74 Å². The van der Waals surface area contributed by atoms with Gasteiger partial charge in [-0.05, 0) is 38.4 Å². The third kappa shape index (κ3) is 5.50. The van der Waals surface area contributed by atoms with E-state index in [2.05, 4.69) is 9.88 Å². The number of ether oxygens (including phenoxy) is 1. The molecule has 1 aromatic heterocycles. The van der Waals surface area contributed by atoms with Crippen molar-refractivity contribution in [3.8, 4) is 0 Å². The number of morpholine rings is 1. The minimum atomic E-state index is -3.33. The van der Waals surface area contributed by atoms with Gasteiger partial charge in [-0.15, -0.1) is 0 Å². The van der Waals surface area contributed by atoms with Crippen LogP contribution in [0.2, 0.25) is 0 Å². The first kappa shape index (κ1) is 21.2. The molecular formula is C19H30N4O4S. The van der Waals surface area contributed by atoms with E-state index in [1.807, 2.05) is 13.0 Å². The quantitative estimate of drug-likeness (QED) is 0.654. The first-order chi connectivity index (χ1) is 13.3. The molecule has 9 heteroatoms. The van der Waals surface area contributed by atoms with Crippen LogP contribution in [0.5, 0.6) is 0 Å². The summed E-state index contributed by atoms with van der Waals surface area (Å²) in [7, 11) is -3.33. The third-order valence-corrected chi connectivity index (χ3v) is 6.73. The predicted molar refractivity (Wildman–Crippen MR) is 107 cm³/mol. The van der Waals surface area contributed by atoms with Crippen molar-refractivity contribution in [2.45, 2.75) is 25.8 Å². The fraction of sp³-hybridized carbons (Fsp3) is 0.684. The molecule has 2 saturated heterocycles. The molecule has 2 aliphatic heterocycles. The second-order valence-electron chi connectivity index (χ2n) is 7.56. The summed E-state index contributed by atoms with van der Waals surface area (Å²) in [6.07, 6.45) is 4.28. The SMILES string of the molecule is Cc1ccc(C(=O)N2CCC(N(CCCN3CCOCC3)S(C)(=O)=O)C2)cn1. The van der Waals surface area contributed by atoms with Gasteiger partial charge in [0.15, 0.2) is 0 Å². The van der Waals surface area contributed by atoms with Crippen LogP contribution >= 0.6 is 0 Å². The lowest BCUT2D eigenvalue weighted by Crippen LogP contribution is -2.44. The topological polar surface area (TPSA) is 83.1 Å². The number of hydrogen-bond donors (Lipinski definition) is 0. The minimum absolute atomic E-state index is 0.0863. The lowest BCUT2D eigenvalue weighted by molar-refractivity contribution is 0.0366. The maximum atomic E-state index is 12.7. The van der Waals surface area contributed by atoms with E-state index in [1.54, 1.807) is 21.5 Å². The molecule has 3 heterocycles. The molecular weight excluding hydrogens is 380 g/mol. The average molecular weight is 411 g/mol. The summed E-state index contributed by atoms with van der Waals surface area (Å²) in [5, 5.41) is 0. The van der Waals surface area contributed by atoms with Crippen molar-refractivity contribution in [3.63, 3.8) is 0 Å². The van der Waals surface area contributed by atoms with Crippen molar-refractivity contribution in [3.05, 3.63) is 29.6 Å². The van der Waals surface area contributed by atoms with Crippen LogP contribution in [0.25, 0.3) is 0 Å². The molecule has 0 aromatic carbocycles. The van der Waals surface area contributed by atoms with Crippen molar-refractivity contribution in [2.24, 2.45) is 0 Å². The second-order valence-corrected chi connectivity index (χ2v) is 9.50. The molecule has 0 aliphatic carbocycles. The van der Waals surface area contributed by atoms with Crippen LogP contribution < -0.4 is 0 Å². The summed E-state index contributed by atoms with van der Waals surface area (Å²) >= 11 is 0. The van der Waals surface area contributed by atoms with Crippen molar-refractivity contribution in [2.75, 3.05) is 58.7 Å². The number of carbonyl (C=O) groups excluding carboxylic acids is 1. The number of hydrogen-bond acceptors (Lipinski definition) is 6. The number of nitrogens with zero attached hydrogens (tertiary/aromatic N) is 4. The van der Waals surface area contributed by atoms with Crippen LogP contribution in [0.15, 0.2) is 18.3 Å². The number of aromatic nitrogens is 1. The van der Waals surface area contributed by atoms with Crippen molar-refractivity contribution in [1.29, 1.82) is 0 Å². The molecule has 1 amide bonds. The Bertz CT molecular complexity index is 763. The number of amides is 1. The highest BCUT2D eigenvalue weighted by atomic mass is 32.2. The molecule has 0 N–H and O–H groups in total. The van der Waals surface area contributed by atoms with Gasteiger partial charge in [0.05, 0.1) is 25.0 Å². The Kier molecular flexibility index (Phi) is 7.03. The van der Waals surface area contributed by atoms with Gasteiger partial charge >= 0.3 is 0 Å². The van der Waals surface area contributed by atoms with E-state index in [9.17, 15) is 13.2 Å². The summed E-state index contributed by atoms with van der Waals surface area (Å²) in [6.45, 7) is 7.48. The Hall–Kier alpha value is -1.55. The maximum absolute atomic E-state index is 12.7. The Morgan fingerprint density at radius 3 is 2.68 bits per heavy atom. The van der Waals surface area contributed by atoms with Gasteiger partial charge in [-0.1, -0.05) is 0 Å². The van der Waals surface area contributed by atoms with Crippen molar-refractivity contribution >= 4 is 15.9 Å². The summed E-state index contributed by atoms with van der Waals surface area (Å²) in [5.74, 6) is -0.0863. The van der Waals surface area contributed by atoms with E-state index < -0.39 is 10.0 Å². The highest BCUT2D eigenvalue weighted by Crippen LogP contribution is 2.21. The summed E-state index contributed by atoms with van der Waals surface area (Å²) in [5.41, 5.74) is 1.41. The predicted octanol–water partition coefficient (Wildman–Crippen LogP) is 0.588. The van der Waals surface area contributed by atoms with Gasteiger partial charge in [-0.25, -0.2) is 8.42 Å². The van der Waals surface area contributed by atoms with E-state index in [1.165, 1.54) is 6.26 Å². The molecule has 1 unspecified atom stereocenters. The number of rotatable bonds is 7. The Morgan fingerprint density at radius 2 is 2.04 bits per heavy atom. The Morgan fingerprint density at radius 1 is 1.29 bits per heavy atom. The van der Waals surface area contributed by atoms with Gasteiger partial charge in [0, 0.05) is 50.7 Å². The molecule has 1 aromatic rings. The number of sulfonamides is 1. The first-order valence-electron chi connectivity index (χ1n) is 9.83. The number of carbonyl (C=O) groups is 1. The Labute approximate surface area is 167 Å². The number of aryl methyl sites for hydroxylation is 1. The van der Waals surface area contributed by atoms with Gasteiger partial charge in [0.25, 0.3) is 5.91 Å². The molecule has 0 bridgehead atoms. The highest BCUT2D eigenvalue weighted by Gasteiger charge is 2.34. The van der Waals surface area contributed by atoms with Gasteiger partial charge in [0.1, 0.15) is 0 Å². The summed E-state index contributed by atoms with van der Waals surface area (Å²) in [4.78, 5) is 20.9. The van der Waals surface area contributed by atoms with Crippen LogP contribution in [0, 0.1) is 6.92 Å². The van der Waals surface area contributed by atoms with Crippen LogP contribution in [0.1, 0.15) is 28.9 Å². The van der Waals surface area contributed by atoms with Crippen molar-refractivity contribution in [1.82, 2.24) is 19.1 Å². The normalized spacial score (nSPS) is 21.4. The molecule has 8 nitrogen and oxygen atoms in total. The number of likely N-dealkylation sites (tertiary alicyclic amines) is 1. The van der Waals surface area contributed by atoms with Gasteiger partial charge < -0.3 is 9.64 Å². The Balaban J connectivity index is 1.57. The van der Waals surface area contributed by atoms with Crippen LogP contribution in [0.3, 0.4) is 0 Å². The van der Waals surface area contributed by atoms with Gasteiger partial charge in [-0.3, -0.25) is 14.7 Å². The lowest BCUT2D eigenvalue weighted by atomic mass is 10.2. The lowest BCUT2D eigenvalue weighted by Gasteiger charge is -2.30. The number of pyridine rings is 1. The van der Waals surface area contributed by atoms with E-state index >= 15 is 0 Å². The third-order valence-electron chi connectivity index (χ3n) is 5.40. The standard InChI is InChI=1S/C19H30N4O4S/c1-16-4-5-17(14-20-16)19(24)22-9-6-18(15-22)23(28(2,25)26)8-3-7-21-10-12-27-13-11-21/h4-5,14,18H,3,6-13,15H2,1-2H3. The largest absolute Gasteiger partial charge is 0.379 e. The summed E-state index contributed by atoms with van der Waals surface area (Å²) in [6, 6.07) is 3.42. The fourth-order valence-corrected chi connectivity index (χ4v) is 5.01. The van der Waals surface area contributed by atoms with Crippen LogP contribution in [-0.2, 0) is 14.8 Å². The highest BCUT2D eigenvalue weighted by molar-refractivity contribution is 7.88. The van der Waals surface area contributed by atoms with Gasteiger partial charge in [0.2, 0.25) is 10.0 Å². The zero-order valence-electron chi connectivity index (χ0n) is 16.7. The van der Waals surface area contributed by atoms with E-state index in [0.29, 0.717) is 31.6 Å². The molecule has 2 aliphatic rings. The van der Waals surface area contributed by atoms with E-state index in [0.717, 1.165) is 45.0 Å². The molecule has 0 radical (unpaired) electrons. The average Bonchev–Trinajstić information content (AvgIpc) is 3.14. The zero-order chi connectivity index (χ0) is 20.1. The monoisotopic (exact) mass is 410 g/mol. The molecule has 156 valence electrons. The van der Waals surface area contributed by atoms with Gasteiger partial charge in [-0.2, -0.15) is 4.31 Å². The van der Waals surface area contributed by atoms with E-state index in [-0.39, 0.29) is 11.9 Å². The molecule has 1 atom stereocenters. The second kappa shape index (κ2) is 9.30. The minimum Gasteiger partial charge on any atom is -0.379 e. The molecule has 2 fully saturated rings. The maximum Gasteiger partial charge on any atom is 0.255 e. The molecule has 3 rings (SSSR count). The van der Waals surface area contributed by atoms with Crippen LogP contribution in [-0.4, -0.2) is 98.2 Å². The molecule has 0 spiro atoms. The first-order valence-corrected chi connectivity index (χ1v) is 11.7. The molecule has 0 saturated carbocycles. The summed E-state index contributed by atoms with van der Waals surface area (Å²) < 4.78 is 31.7. The fourth-order valence-electron chi connectivity index (χ4n) is 3.83. The smallest absolute Gasteiger partial charge is 0.255 e. The van der Waals surface area contributed by atoms with Crippen LogP contribution in [0.4, 0.5) is 0 Å². The molecule has 28 heavy (non-hydrogen) atoms.